The number of halogens is 10. The number of aryl methyl sites for hydroxylation is 8. The summed E-state index contributed by atoms with van der Waals surface area (Å²) in [5, 5.41) is 36.1. The number of Topliss-reactive ketones (excluding diaryl/α,β-unsaturated/α-hetero) is 4. The number of ketones is 4. The molecule has 0 spiro atoms. The van der Waals surface area contributed by atoms with Gasteiger partial charge in [0.2, 0.25) is 17.8 Å². The number of nitrogens with zero attached hydrogens (tertiary/aromatic N) is 28. The van der Waals surface area contributed by atoms with Crippen molar-refractivity contribution in [1.82, 2.24) is 123 Å². The Labute approximate surface area is 768 Å². The van der Waals surface area contributed by atoms with Crippen LogP contribution < -0.4 is 14.7 Å². The first-order chi connectivity index (χ1) is 63.7. The number of thiazole rings is 3. The van der Waals surface area contributed by atoms with Crippen LogP contribution in [0.3, 0.4) is 0 Å². The molecule has 0 saturated carbocycles. The smallest absolute Gasteiger partial charge is 0.372 e. The maximum atomic E-state index is 15.0. The Hall–Kier alpha value is -13.3. The number of carbonyl (C=O) groups excluding carboxylic acids is 4. The maximum absolute atomic E-state index is 15.0. The number of hydrogen-bond donors (Lipinski definition) is 0. The molecule has 4 aliphatic rings. The van der Waals surface area contributed by atoms with Gasteiger partial charge in [-0.25, -0.2) is 74.5 Å². The van der Waals surface area contributed by atoms with Crippen molar-refractivity contribution in [2.24, 2.45) is 34.1 Å². The largest absolute Gasteiger partial charge is 0.434 e. The normalized spacial score (nSPS) is 15.8. The summed E-state index contributed by atoms with van der Waals surface area (Å²) in [4.78, 5) is 98.1. The second-order valence-electron chi connectivity index (χ2n) is 32.6. The first-order valence-corrected chi connectivity index (χ1v) is 45.2. The molecule has 46 heteroatoms. The van der Waals surface area contributed by atoms with Crippen LogP contribution in [-0.2, 0) is 71.3 Å². The summed E-state index contributed by atoms with van der Waals surface area (Å²) in [6.45, 7) is 14.8. The lowest BCUT2D eigenvalue weighted by molar-refractivity contribution is -0.140. The summed E-state index contributed by atoms with van der Waals surface area (Å²) in [7, 11) is 6.50. The molecule has 133 heavy (non-hydrogen) atoms. The number of ether oxygens (including phenoxy) is 1. The predicted octanol–water partition coefficient (Wildman–Crippen LogP) is 15.6. The van der Waals surface area contributed by atoms with E-state index in [1.54, 1.807) is 76.3 Å². The number of anilines is 3. The summed E-state index contributed by atoms with van der Waals surface area (Å²) in [6, 6.07) is 16.5. The first-order valence-electron chi connectivity index (χ1n) is 42.3. The van der Waals surface area contributed by atoms with Crippen molar-refractivity contribution in [2.45, 2.75) is 137 Å². The summed E-state index contributed by atoms with van der Waals surface area (Å²) in [6.07, 6.45) is 7.63. The lowest BCUT2D eigenvalue weighted by Gasteiger charge is -2.34. The molecule has 0 aliphatic carbocycles. The van der Waals surface area contributed by atoms with Gasteiger partial charge in [0.1, 0.15) is 76.8 Å². The standard InChI is InChI=1S/C23H22F2N6OS.C22H21ClF3N7O2S.C22H23FN8O.C20H18F3N7OS/c1-13-19(21(24)25)28-23(33-13)16-12-26-30(2)20(16)17(32)10-14-8-9-31-18(11-14)27-22(29-31)15-6-4-3-5-7-15;1-10-7-32(8-11(2)35-10)22-28-16-5-12(14(24)9-33(16)30-22)4-15(34)18-13(6-27-31(18)3)21-29-17(20(25)26)19(23)36-21;1-13-10-24-14(2)26-20(13)16-11-25-29(3)21(16)18(32)8-15-9-19-27-22(30-6-4-5-7-30)28-31(19)12-17(15)23;1-28-17(13(10-24-28)18-25-15(11-32-18)20(21,22)23)14(31)8-12-4-7-30-16(9-12)26-19(27-30)29-5-2-3-6-29/h3-7,12,14,21H,8-11H2,1-2H3;5-6,9-11,20H,4,7-8H2,1-3H3;9-12H,4-8H2,1-3H3;4,7,9-11H,2-3,5-6,8H2,1H3/t;10-,11+;;. The zero-order valence-electron chi connectivity index (χ0n) is 72.9. The molecule has 3 saturated heterocycles. The van der Waals surface area contributed by atoms with Gasteiger partial charge in [0.25, 0.3) is 12.9 Å². The summed E-state index contributed by atoms with van der Waals surface area (Å²) < 4.78 is 139. The lowest BCUT2D eigenvalue weighted by Crippen LogP contribution is -2.46. The molecule has 0 bridgehead atoms. The molecule has 690 valence electrons. The highest BCUT2D eigenvalue weighted by molar-refractivity contribution is 7.19. The van der Waals surface area contributed by atoms with E-state index in [4.69, 9.17) is 21.3 Å². The van der Waals surface area contributed by atoms with E-state index < -0.39 is 47.8 Å². The van der Waals surface area contributed by atoms with Gasteiger partial charge in [-0.15, -0.1) is 49.3 Å². The van der Waals surface area contributed by atoms with Crippen LogP contribution in [0.2, 0.25) is 4.34 Å². The summed E-state index contributed by atoms with van der Waals surface area (Å²) in [5.74, 6) is 1.82. The van der Waals surface area contributed by atoms with E-state index >= 15 is 0 Å². The van der Waals surface area contributed by atoms with Crippen molar-refractivity contribution >= 4 is 104 Å². The van der Waals surface area contributed by atoms with Crippen LogP contribution in [0.5, 0.6) is 0 Å². The number of rotatable bonds is 22. The highest BCUT2D eigenvalue weighted by Gasteiger charge is 2.37. The van der Waals surface area contributed by atoms with E-state index in [2.05, 4.69) is 90.5 Å². The second kappa shape index (κ2) is 38.1. The molecule has 3 atom stereocenters. The molecule has 33 nitrogen and oxygen atoms in total. The van der Waals surface area contributed by atoms with Gasteiger partial charge >= 0.3 is 6.18 Å². The molecule has 4 aliphatic heterocycles. The Bertz CT molecular complexity index is 7040. The molecule has 3 fully saturated rings. The third-order valence-electron chi connectivity index (χ3n) is 22.9. The van der Waals surface area contributed by atoms with Gasteiger partial charge in [0.15, 0.2) is 51.6 Å². The number of alkyl halides is 7. The predicted molar refractivity (Wildman–Crippen MR) is 476 cm³/mol. The van der Waals surface area contributed by atoms with Crippen LogP contribution in [0.15, 0.2) is 110 Å². The van der Waals surface area contributed by atoms with Gasteiger partial charge in [-0.1, -0.05) is 41.9 Å². The van der Waals surface area contributed by atoms with Crippen molar-refractivity contribution in [1.29, 1.82) is 0 Å². The molecule has 1 aromatic carbocycles. The van der Waals surface area contributed by atoms with E-state index in [1.165, 1.54) is 71.9 Å². The van der Waals surface area contributed by atoms with Crippen LogP contribution in [0.25, 0.3) is 71.3 Å². The van der Waals surface area contributed by atoms with E-state index in [0.29, 0.717) is 117 Å². The number of fused-ring (bicyclic) bond motifs is 4. The average Bonchev–Trinajstić information content (AvgIpc) is 1.65. The maximum Gasteiger partial charge on any atom is 0.434 e. The zero-order chi connectivity index (χ0) is 93.7. The molecule has 0 amide bonds. The molecule has 19 heterocycles. The Morgan fingerprint density at radius 2 is 1.04 bits per heavy atom. The van der Waals surface area contributed by atoms with Crippen LogP contribution >= 0.6 is 45.6 Å². The van der Waals surface area contributed by atoms with Crippen LogP contribution in [-0.4, -0.2) is 197 Å². The van der Waals surface area contributed by atoms with Crippen molar-refractivity contribution in [3.05, 3.63) is 204 Å². The van der Waals surface area contributed by atoms with Crippen molar-refractivity contribution in [3.63, 3.8) is 0 Å². The average molecular weight is 1900 g/mol. The SMILES string of the molecule is C[C@@H]1CN(c2nc3cc(CC(=O)c4c(-c5nc(C(F)F)c(Cl)s5)cnn4C)c(F)cn3n2)C[C@H](C)O1.Cc1ncc(C)c(-c2cnn(C)c2C(=O)Cc2cc3nc(N4CCCC4)nn3cc2F)n1.Cc1sc(-c2cnn(C)c2C(=O)CC2CCn3nc(-c4ccccc4)nc3C2)nc1C(F)F.Cn1ncc(-c2nc(C(F)(F)F)cs2)c1C(=O)Cc1ccn2nc(N3CCCC3)nc2c1. The summed E-state index contributed by atoms with van der Waals surface area (Å²) in [5.41, 5.74) is 6.11. The molecule has 15 aromatic heterocycles. The fourth-order valence-corrected chi connectivity index (χ4v) is 19.4. The van der Waals surface area contributed by atoms with E-state index in [-0.39, 0.29) is 108 Å². The number of hydrogen-bond acceptors (Lipinski definition) is 28. The fourth-order valence-electron chi connectivity index (χ4n) is 16.5. The third kappa shape index (κ3) is 19.7. The van der Waals surface area contributed by atoms with Gasteiger partial charge < -0.3 is 19.4 Å². The Balaban J connectivity index is 0.000000124. The third-order valence-corrected chi connectivity index (χ3v) is 26.1. The lowest BCUT2D eigenvalue weighted by atomic mass is 9.91. The Morgan fingerprint density at radius 1 is 0.541 bits per heavy atom. The topological polar surface area (TPSA) is 344 Å². The van der Waals surface area contributed by atoms with Gasteiger partial charge in [-0.05, 0) is 108 Å². The number of benzene rings is 1. The highest BCUT2D eigenvalue weighted by atomic mass is 35.5. The Morgan fingerprint density at radius 3 is 1.57 bits per heavy atom. The monoisotopic (exact) mass is 1900 g/mol. The van der Waals surface area contributed by atoms with E-state index in [9.17, 15) is 58.7 Å². The quantitative estimate of drug-likeness (QED) is 0.0449. The minimum absolute atomic E-state index is 0.00265. The molecule has 1 unspecified atom stereocenters. The zero-order valence-corrected chi connectivity index (χ0v) is 76.1. The molecule has 0 radical (unpaired) electrons. The minimum Gasteiger partial charge on any atom is -0.372 e. The second-order valence-corrected chi connectivity index (χ2v) is 36.3. The van der Waals surface area contributed by atoms with Gasteiger partial charge in [-0.2, -0.15) is 53.6 Å². The van der Waals surface area contributed by atoms with Crippen LogP contribution in [0, 0.1) is 38.3 Å². The Kier molecular flexibility index (Phi) is 26.3. The number of aromatic nitrogens is 25. The van der Waals surface area contributed by atoms with Crippen molar-refractivity contribution < 1.29 is 63.4 Å². The van der Waals surface area contributed by atoms with Gasteiger partial charge in [-0.3, -0.25) is 37.9 Å². The minimum atomic E-state index is -4.54. The molecule has 16 aromatic rings. The first kappa shape index (κ1) is 91.6. The molecular weight excluding hydrogens is 1820 g/mol. The van der Waals surface area contributed by atoms with Crippen molar-refractivity contribution in [3.8, 4) is 54.4 Å². The van der Waals surface area contributed by atoms with E-state index in [1.807, 2.05) is 60.7 Å². The van der Waals surface area contributed by atoms with Crippen LogP contribution in [0.4, 0.5) is 57.4 Å². The van der Waals surface area contributed by atoms with E-state index in [0.717, 1.165) is 120 Å². The number of morpholine rings is 1. The van der Waals surface area contributed by atoms with Crippen LogP contribution in [0.1, 0.15) is 163 Å². The summed E-state index contributed by atoms with van der Waals surface area (Å²) >= 11 is 8.72. The van der Waals surface area contributed by atoms with Gasteiger partial charge in [0, 0.05) is 151 Å². The molecular formula is C87H84ClF9N28O5S3. The van der Waals surface area contributed by atoms with Crippen molar-refractivity contribution in [2.75, 3.05) is 54.0 Å². The molecule has 20 rings (SSSR count). The fraction of sp³-hybridized carbons (Fsp3) is 0.368. The number of pyridine rings is 3. The highest BCUT2D eigenvalue weighted by Crippen LogP contribution is 2.41. The molecule has 0 N–H and O–H groups in total. The van der Waals surface area contributed by atoms with Gasteiger partial charge in [0.05, 0.1) is 71.8 Å². The number of carbonyl (C=O) groups is 4.